The molecule has 0 fully saturated rings. The summed E-state index contributed by atoms with van der Waals surface area (Å²) in [5.41, 5.74) is 4.03. The first-order valence-electron chi connectivity index (χ1n) is 12.8. The van der Waals surface area contributed by atoms with E-state index < -0.39 is 8.07 Å². The highest BCUT2D eigenvalue weighted by Crippen LogP contribution is 2.49. The van der Waals surface area contributed by atoms with E-state index in [4.69, 9.17) is 0 Å². The maximum absolute atomic E-state index is 11.0. The van der Waals surface area contributed by atoms with E-state index in [2.05, 4.69) is 53.8 Å². The molecule has 1 aromatic rings. The van der Waals surface area contributed by atoms with Crippen molar-refractivity contribution in [2.75, 3.05) is 0 Å². The normalized spacial score (nSPS) is 21.6. The largest absolute Gasteiger partial charge is 0.507 e. The Bertz CT molecular complexity index is 714. The summed E-state index contributed by atoms with van der Waals surface area (Å²) in [5.74, 6) is 1.76. The van der Waals surface area contributed by atoms with Gasteiger partial charge in [-0.25, -0.2) is 0 Å². The molecule has 31 heavy (non-hydrogen) atoms. The molecule has 0 aliphatic heterocycles. The van der Waals surface area contributed by atoms with Gasteiger partial charge in [-0.3, -0.25) is 0 Å². The van der Waals surface area contributed by atoms with Gasteiger partial charge in [0.25, 0.3) is 0 Å². The van der Waals surface area contributed by atoms with Gasteiger partial charge in [0.15, 0.2) is 0 Å². The van der Waals surface area contributed by atoms with E-state index in [1.807, 2.05) is 12.1 Å². The molecular formula is C28H48O2Si. The third-order valence-electron chi connectivity index (χ3n) is 8.03. The van der Waals surface area contributed by atoms with E-state index in [9.17, 15) is 10.2 Å². The molecule has 2 N–H and O–H groups in total. The molecule has 0 bridgehead atoms. The van der Waals surface area contributed by atoms with Crippen molar-refractivity contribution >= 4 is 8.07 Å². The van der Waals surface area contributed by atoms with Crippen LogP contribution in [-0.2, 0) is 6.42 Å². The number of phenolic OH excluding ortho intramolecular Hbond substituents is 2. The van der Waals surface area contributed by atoms with Crippen molar-refractivity contribution in [2.45, 2.75) is 117 Å². The van der Waals surface area contributed by atoms with Crippen molar-refractivity contribution in [3.63, 3.8) is 0 Å². The van der Waals surface area contributed by atoms with Crippen LogP contribution in [0.3, 0.4) is 0 Å². The van der Waals surface area contributed by atoms with Crippen LogP contribution >= 0.6 is 0 Å². The molecule has 2 rings (SSSR count). The molecule has 1 aliphatic carbocycles. The third-order valence-corrected chi connectivity index (χ3v) is 12.7. The molecule has 0 heterocycles. The Morgan fingerprint density at radius 1 is 1.03 bits per heavy atom. The molecule has 0 spiro atoms. The molecule has 1 aromatic carbocycles. The van der Waals surface area contributed by atoms with Gasteiger partial charge in [-0.15, -0.1) is 0 Å². The second-order valence-electron chi connectivity index (χ2n) is 11.1. The zero-order chi connectivity index (χ0) is 23.2. The van der Waals surface area contributed by atoms with Gasteiger partial charge in [0, 0.05) is 11.5 Å². The predicted octanol–water partition coefficient (Wildman–Crippen LogP) is 8.81. The summed E-state index contributed by atoms with van der Waals surface area (Å²) < 4.78 is 0. The van der Waals surface area contributed by atoms with Crippen LogP contribution in [0.25, 0.3) is 0 Å². The maximum atomic E-state index is 11.0. The SMILES string of the molecule is CCCCCc1cc(O)c([C@@H]2C=C(C)CC[C@H]2C(C)C[Si](C)(C)[C@@H](C)CCC)c(O)c1. The van der Waals surface area contributed by atoms with Crippen LogP contribution in [0.2, 0.25) is 24.7 Å². The summed E-state index contributed by atoms with van der Waals surface area (Å²) in [6.45, 7) is 16.7. The fourth-order valence-electron chi connectivity index (χ4n) is 5.77. The smallest absolute Gasteiger partial charge is 0.123 e. The lowest BCUT2D eigenvalue weighted by Crippen LogP contribution is -2.36. The second kappa shape index (κ2) is 11.6. The Labute approximate surface area is 193 Å². The van der Waals surface area contributed by atoms with Gasteiger partial charge < -0.3 is 10.2 Å². The molecule has 0 amide bonds. The van der Waals surface area contributed by atoms with Crippen molar-refractivity contribution in [2.24, 2.45) is 11.8 Å². The topological polar surface area (TPSA) is 40.5 Å². The highest BCUT2D eigenvalue weighted by Gasteiger charge is 2.37. The summed E-state index contributed by atoms with van der Waals surface area (Å²) in [5, 5.41) is 22.0. The highest BCUT2D eigenvalue weighted by atomic mass is 28.3. The first-order chi connectivity index (χ1) is 14.6. The van der Waals surface area contributed by atoms with Crippen LogP contribution in [-0.4, -0.2) is 18.3 Å². The van der Waals surface area contributed by atoms with Crippen molar-refractivity contribution in [3.05, 3.63) is 34.9 Å². The van der Waals surface area contributed by atoms with E-state index in [-0.39, 0.29) is 17.4 Å². The van der Waals surface area contributed by atoms with Gasteiger partial charge >= 0.3 is 0 Å². The van der Waals surface area contributed by atoms with Gasteiger partial charge in [-0.2, -0.15) is 0 Å². The predicted molar refractivity (Wildman–Crippen MR) is 138 cm³/mol. The molecule has 176 valence electrons. The summed E-state index contributed by atoms with van der Waals surface area (Å²) in [6.07, 6.45) is 11.6. The van der Waals surface area contributed by atoms with Crippen LogP contribution in [0, 0.1) is 11.8 Å². The molecule has 4 atom stereocenters. The number of phenols is 2. The summed E-state index contributed by atoms with van der Waals surface area (Å²) in [7, 11) is -1.32. The highest BCUT2D eigenvalue weighted by molar-refractivity contribution is 6.78. The second-order valence-corrected chi connectivity index (χ2v) is 16.5. The molecule has 1 unspecified atom stereocenters. The van der Waals surface area contributed by atoms with Crippen molar-refractivity contribution < 1.29 is 10.2 Å². The lowest BCUT2D eigenvalue weighted by Gasteiger charge is -2.40. The van der Waals surface area contributed by atoms with Crippen LogP contribution in [0.1, 0.15) is 96.6 Å². The van der Waals surface area contributed by atoms with Gasteiger partial charge in [0.2, 0.25) is 0 Å². The van der Waals surface area contributed by atoms with E-state index in [0.717, 1.165) is 42.4 Å². The fraction of sp³-hybridized carbons (Fsp3) is 0.714. The molecule has 3 heteroatoms. The summed E-state index contributed by atoms with van der Waals surface area (Å²) in [4.78, 5) is 0. The fourth-order valence-corrected chi connectivity index (χ4v) is 9.21. The minimum atomic E-state index is -1.32. The number of unbranched alkanes of at least 4 members (excludes halogenated alkanes) is 2. The van der Waals surface area contributed by atoms with E-state index >= 15 is 0 Å². The standard InChI is InChI=1S/C28H48O2Si/c1-8-10-11-13-23-17-26(29)28(27(30)18-23)25-16-20(3)14-15-24(25)21(4)19-31(6,7)22(5)12-9-2/h16-18,21-22,24-25,29-30H,8-15,19H2,1-7H3/t21?,22-,24-,25+/m0/s1. The summed E-state index contributed by atoms with van der Waals surface area (Å²) in [6, 6.07) is 5.14. The summed E-state index contributed by atoms with van der Waals surface area (Å²) >= 11 is 0. The number of aryl methyl sites for hydroxylation is 1. The van der Waals surface area contributed by atoms with Gasteiger partial charge in [-0.05, 0) is 67.7 Å². The Morgan fingerprint density at radius 3 is 2.26 bits per heavy atom. The number of allylic oxidation sites excluding steroid dienone is 2. The lowest BCUT2D eigenvalue weighted by molar-refractivity contribution is 0.301. The molecule has 2 nitrogen and oxygen atoms in total. The number of aromatic hydroxyl groups is 2. The monoisotopic (exact) mass is 444 g/mol. The average molecular weight is 445 g/mol. The van der Waals surface area contributed by atoms with Crippen LogP contribution < -0.4 is 0 Å². The first kappa shape index (κ1) is 26.0. The Kier molecular flexibility index (Phi) is 9.73. The van der Waals surface area contributed by atoms with Gasteiger partial charge in [-0.1, -0.05) is 84.2 Å². The molecule has 0 radical (unpaired) electrons. The van der Waals surface area contributed by atoms with Crippen molar-refractivity contribution in [1.82, 2.24) is 0 Å². The number of hydrogen-bond acceptors (Lipinski definition) is 2. The number of rotatable bonds is 11. The average Bonchev–Trinajstić information content (AvgIpc) is 2.67. The van der Waals surface area contributed by atoms with Gasteiger partial charge in [0.05, 0.1) is 8.07 Å². The van der Waals surface area contributed by atoms with Crippen molar-refractivity contribution in [1.29, 1.82) is 0 Å². The Hall–Kier alpha value is -1.22. The molecular weight excluding hydrogens is 396 g/mol. The number of hydrogen-bond donors (Lipinski definition) is 2. The number of benzene rings is 1. The molecule has 1 aliphatic rings. The Morgan fingerprint density at radius 2 is 1.68 bits per heavy atom. The van der Waals surface area contributed by atoms with Gasteiger partial charge in [0.1, 0.15) is 11.5 Å². The zero-order valence-corrected chi connectivity index (χ0v) is 22.3. The van der Waals surface area contributed by atoms with Crippen LogP contribution in [0.4, 0.5) is 0 Å². The van der Waals surface area contributed by atoms with E-state index in [0.29, 0.717) is 11.8 Å². The van der Waals surface area contributed by atoms with Crippen molar-refractivity contribution in [3.8, 4) is 11.5 Å². The van der Waals surface area contributed by atoms with Crippen LogP contribution in [0.5, 0.6) is 11.5 Å². The molecule has 0 saturated heterocycles. The maximum Gasteiger partial charge on any atom is 0.123 e. The quantitative estimate of drug-likeness (QED) is 0.203. The Balaban J connectivity index is 2.29. The third kappa shape index (κ3) is 6.88. The minimum absolute atomic E-state index is 0.111. The molecule has 0 aromatic heterocycles. The van der Waals surface area contributed by atoms with E-state index in [1.165, 1.54) is 37.3 Å². The minimum Gasteiger partial charge on any atom is -0.507 e. The van der Waals surface area contributed by atoms with E-state index in [1.54, 1.807) is 0 Å². The van der Waals surface area contributed by atoms with Crippen LogP contribution in [0.15, 0.2) is 23.8 Å². The zero-order valence-electron chi connectivity index (χ0n) is 21.3. The lowest BCUT2D eigenvalue weighted by atomic mass is 9.71. The first-order valence-corrected chi connectivity index (χ1v) is 16.1. The molecule has 0 saturated carbocycles.